The van der Waals surface area contributed by atoms with Crippen LogP contribution < -0.4 is 5.32 Å². The lowest BCUT2D eigenvalue weighted by atomic mass is 10.1. The molecule has 1 heterocycles. The normalized spacial score (nSPS) is 18.8. The van der Waals surface area contributed by atoms with E-state index in [0.717, 1.165) is 36.7 Å². The van der Waals surface area contributed by atoms with Crippen LogP contribution in [0.1, 0.15) is 28.4 Å². The monoisotopic (exact) mass is 386 g/mol. The van der Waals surface area contributed by atoms with E-state index in [0.29, 0.717) is 12.1 Å². The van der Waals surface area contributed by atoms with Crippen LogP contribution in [0.25, 0.3) is 0 Å². The van der Waals surface area contributed by atoms with Gasteiger partial charge in [-0.15, -0.1) is 0 Å². The van der Waals surface area contributed by atoms with Crippen LogP contribution in [0.2, 0.25) is 0 Å². The topological polar surface area (TPSA) is 58.6 Å². The summed E-state index contributed by atoms with van der Waals surface area (Å²) in [6.45, 7) is 6.15. The summed E-state index contributed by atoms with van der Waals surface area (Å²) in [5.41, 5.74) is 2.89. The molecule has 6 heteroatoms. The third-order valence-corrected chi connectivity index (χ3v) is 5.56. The number of rotatable bonds is 6. The number of carbonyl (C=O) groups is 1. The summed E-state index contributed by atoms with van der Waals surface area (Å²) in [6.07, 6.45) is 1.90. The molecule has 1 N–H and O–H groups in total. The van der Waals surface area contributed by atoms with Crippen molar-refractivity contribution in [3.63, 3.8) is 0 Å². The molecule has 5 nitrogen and oxygen atoms in total. The van der Waals surface area contributed by atoms with Crippen molar-refractivity contribution in [2.45, 2.75) is 31.0 Å². The van der Waals surface area contributed by atoms with E-state index in [-0.39, 0.29) is 12.0 Å². The van der Waals surface area contributed by atoms with E-state index in [9.17, 15) is 9.00 Å². The number of ether oxygens (including phenoxy) is 1. The van der Waals surface area contributed by atoms with E-state index in [1.54, 1.807) is 30.5 Å². The first kappa shape index (κ1) is 19.7. The molecule has 144 valence electrons. The van der Waals surface area contributed by atoms with Gasteiger partial charge in [0.15, 0.2) is 0 Å². The summed E-state index contributed by atoms with van der Waals surface area (Å²) >= 11 is 0. The fraction of sp³-hybridized carbons (Fsp3) is 0.381. The van der Waals surface area contributed by atoms with Crippen molar-refractivity contribution in [2.24, 2.45) is 0 Å². The minimum absolute atomic E-state index is 0.129. The van der Waals surface area contributed by atoms with E-state index in [2.05, 4.69) is 29.3 Å². The number of hydrogen-bond donors (Lipinski definition) is 1. The molecule has 1 aliphatic rings. The summed E-state index contributed by atoms with van der Waals surface area (Å²) < 4.78 is 17.0. The smallest absolute Gasteiger partial charge is 0.251 e. The van der Waals surface area contributed by atoms with Gasteiger partial charge in [-0.2, -0.15) is 0 Å². The molecule has 2 aromatic carbocycles. The van der Waals surface area contributed by atoms with E-state index in [4.69, 9.17) is 4.74 Å². The zero-order valence-electron chi connectivity index (χ0n) is 15.8. The van der Waals surface area contributed by atoms with Gasteiger partial charge in [-0.1, -0.05) is 24.3 Å². The van der Waals surface area contributed by atoms with Crippen molar-refractivity contribution in [1.29, 1.82) is 0 Å². The highest BCUT2D eigenvalue weighted by Crippen LogP contribution is 2.13. The van der Waals surface area contributed by atoms with E-state index < -0.39 is 10.8 Å². The van der Waals surface area contributed by atoms with Gasteiger partial charge in [0.25, 0.3) is 5.91 Å². The van der Waals surface area contributed by atoms with Crippen LogP contribution in [0.15, 0.2) is 53.4 Å². The average molecular weight is 387 g/mol. The zero-order chi connectivity index (χ0) is 19.2. The number of nitrogens with zero attached hydrogens (tertiary/aromatic N) is 1. The third-order valence-electron chi connectivity index (χ3n) is 4.62. The summed E-state index contributed by atoms with van der Waals surface area (Å²) in [5.74, 6) is -0.129. The van der Waals surface area contributed by atoms with Gasteiger partial charge in [-0.3, -0.25) is 13.9 Å². The van der Waals surface area contributed by atoms with Crippen LogP contribution in [0.3, 0.4) is 0 Å². The Balaban J connectivity index is 1.56. The molecule has 1 amide bonds. The Bertz CT molecular complexity index is 807. The highest BCUT2D eigenvalue weighted by atomic mass is 32.2. The van der Waals surface area contributed by atoms with Crippen LogP contribution >= 0.6 is 0 Å². The van der Waals surface area contributed by atoms with Crippen molar-refractivity contribution in [1.82, 2.24) is 10.2 Å². The zero-order valence-corrected chi connectivity index (χ0v) is 16.6. The van der Waals surface area contributed by atoms with E-state index in [1.807, 2.05) is 12.1 Å². The highest BCUT2D eigenvalue weighted by Gasteiger charge is 2.16. The summed E-state index contributed by atoms with van der Waals surface area (Å²) in [6, 6.07) is 15.2. The highest BCUT2D eigenvalue weighted by molar-refractivity contribution is 7.84. The Morgan fingerprint density at radius 3 is 2.67 bits per heavy atom. The molecule has 3 rings (SSSR count). The minimum Gasteiger partial charge on any atom is -0.376 e. The summed E-state index contributed by atoms with van der Waals surface area (Å²) in [4.78, 5) is 15.4. The third kappa shape index (κ3) is 5.73. The maximum Gasteiger partial charge on any atom is 0.251 e. The van der Waals surface area contributed by atoms with Crippen LogP contribution in [0.5, 0.6) is 0 Å². The number of hydrogen-bond acceptors (Lipinski definition) is 4. The van der Waals surface area contributed by atoms with Crippen LogP contribution in [-0.2, 0) is 28.6 Å². The molecular formula is C21H26N2O3S. The fourth-order valence-electron chi connectivity index (χ4n) is 3.21. The molecule has 1 saturated heterocycles. The molecule has 2 unspecified atom stereocenters. The molecule has 0 aliphatic carbocycles. The molecule has 1 aliphatic heterocycles. The summed E-state index contributed by atoms with van der Waals surface area (Å²) in [7, 11) is -1.04. The molecule has 0 aromatic heterocycles. The van der Waals surface area contributed by atoms with Crippen LogP contribution in [0.4, 0.5) is 0 Å². The molecule has 2 aromatic rings. The standard InChI is InChI=1S/C21H26N2O3S/c1-16-14-23(10-11-26-16)15-18-5-3-4-17(12-18)13-22-21(24)19-6-8-20(9-7-19)27(2)25/h3-9,12,16H,10-11,13-15H2,1-2H3,(H,22,24). The second-order valence-corrected chi connectivity index (χ2v) is 8.28. The fourth-order valence-corrected chi connectivity index (χ4v) is 3.73. The number of carbonyl (C=O) groups excluding carboxylic acids is 1. The Morgan fingerprint density at radius 2 is 1.96 bits per heavy atom. The van der Waals surface area contributed by atoms with Gasteiger partial charge < -0.3 is 10.1 Å². The van der Waals surface area contributed by atoms with Crippen LogP contribution in [0, 0.1) is 0 Å². The average Bonchev–Trinajstić information content (AvgIpc) is 2.66. The molecule has 1 fully saturated rings. The van der Waals surface area contributed by atoms with Gasteiger partial charge in [0.05, 0.1) is 12.7 Å². The second-order valence-electron chi connectivity index (χ2n) is 6.90. The number of amides is 1. The first-order chi connectivity index (χ1) is 13.0. The first-order valence-corrected chi connectivity index (χ1v) is 10.7. The maximum absolute atomic E-state index is 12.3. The van der Waals surface area contributed by atoms with Gasteiger partial charge in [-0.25, -0.2) is 0 Å². The van der Waals surface area contributed by atoms with Gasteiger partial charge in [-0.05, 0) is 42.3 Å². The quantitative estimate of drug-likeness (QED) is 0.829. The molecular weight excluding hydrogens is 360 g/mol. The molecule has 2 atom stereocenters. The molecule has 0 saturated carbocycles. The Labute approximate surface area is 163 Å². The van der Waals surface area contributed by atoms with Gasteiger partial charge in [0, 0.05) is 53.7 Å². The van der Waals surface area contributed by atoms with Crippen molar-refractivity contribution in [3.8, 4) is 0 Å². The lowest BCUT2D eigenvalue weighted by Gasteiger charge is -2.31. The van der Waals surface area contributed by atoms with Gasteiger partial charge in [0.2, 0.25) is 0 Å². The second kappa shape index (κ2) is 9.26. The van der Waals surface area contributed by atoms with Crippen molar-refractivity contribution < 1.29 is 13.7 Å². The maximum atomic E-state index is 12.3. The van der Waals surface area contributed by atoms with Crippen LogP contribution in [-0.4, -0.2) is 47.1 Å². The molecule has 0 spiro atoms. The molecule has 27 heavy (non-hydrogen) atoms. The van der Waals surface area contributed by atoms with E-state index in [1.165, 1.54) is 5.56 Å². The van der Waals surface area contributed by atoms with Crippen molar-refractivity contribution in [2.75, 3.05) is 26.0 Å². The van der Waals surface area contributed by atoms with Crippen molar-refractivity contribution >= 4 is 16.7 Å². The van der Waals surface area contributed by atoms with Gasteiger partial charge >= 0.3 is 0 Å². The number of morpholine rings is 1. The first-order valence-electron chi connectivity index (χ1n) is 9.15. The van der Waals surface area contributed by atoms with Crippen molar-refractivity contribution in [3.05, 3.63) is 65.2 Å². The lowest BCUT2D eigenvalue weighted by Crippen LogP contribution is -2.40. The Kier molecular flexibility index (Phi) is 6.77. The number of nitrogens with one attached hydrogen (secondary N) is 1. The predicted molar refractivity (Wildman–Crippen MR) is 107 cm³/mol. The Hall–Kier alpha value is -2.02. The largest absolute Gasteiger partial charge is 0.376 e. The number of benzene rings is 2. The Morgan fingerprint density at radius 1 is 1.22 bits per heavy atom. The van der Waals surface area contributed by atoms with E-state index >= 15 is 0 Å². The van der Waals surface area contributed by atoms with Gasteiger partial charge in [0.1, 0.15) is 0 Å². The molecule has 0 radical (unpaired) electrons. The predicted octanol–water partition coefficient (Wildman–Crippen LogP) is 2.57. The minimum atomic E-state index is -1.04. The molecule has 0 bridgehead atoms. The SMILES string of the molecule is CC1CN(Cc2cccc(CNC(=O)c3ccc(S(C)=O)cc3)c2)CCO1. The lowest BCUT2D eigenvalue weighted by molar-refractivity contribution is -0.0212. The summed E-state index contributed by atoms with van der Waals surface area (Å²) in [5, 5.41) is 2.95.